The van der Waals surface area contributed by atoms with Gasteiger partial charge in [-0.25, -0.2) is 0 Å². The molecule has 2 aliphatic rings. The van der Waals surface area contributed by atoms with Crippen LogP contribution in [0, 0.1) is 18.7 Å². The molecule has 13 rings (SSSR count). The molecule has 0 saturated heterocycles. The van der Waals surface area contributed by atoms with Crippen molar-refractivity contribution in [1.29, 1.82) is 0 Å². The molecular formula is C56H33N4OPt-. The van der Waals surface area contributed by atoms with E-state index in [1.54, 1.807) is 6.07 Å². The molecule has 9 aromatic carbocycles. The zero-order valence-corrected chi connectivity index (χ0v) is 35.3. The van der Waals surface area contributed by atoms with Crippen LogP contribution in [0.2, 0.25) is 0 Å². The number of aromatic nitrogens is 4. The van der Waals surface area contributed by atoms with Crippen molar-refractivity contribution >= 4 is 22.1 Å². The Balaban J connectivity index is 0.00000410. The fraction of sp³-hybridized carbons (Fsp3) is 0. The Hall–Kier alpha value is -7.59. The minimum Gasteiger partial charge on any atom is -0.511 e. The number of benzene rings is 9. The average Bonchev–Trinajstić information content (AvgIpc) is 3.92. The van der Waals surface area contributed by atoms with Crippen molar-refractivity contribution in [3.8, 4) is 95.3 Å². The third kappa shape index (κ3) is 5.19. The molecule has 0 aliphatic carbocycles. The number of imidazole rings is 2. The Bertz CT molecular complexity index is 3630. The Kier molecular flexibility index (Phi) is 8.18. The van der Waals surface area contributed by atoms with Gasteiger partial charge in [0.05, 0.1) is 27.8 Å². The van der Waals surface area contributed by atoms with Gasteiger partial charge in [-0.15, -0.1) is 5.56 Å². The second-order valence-electron chi connectivity index (χ2n) is 15.7. The molecule has 0 atom stereocenters. The largest absolute Gasteiger partial charge is 0.511 e. The van der Waals surface area contributed by atoms with Gasteiger partial charge in [0.25, 0.3) is 12.7 Å². The zero-order valence-electron chi connectivity index (χ0n) is 33.0. The van der Waals surface area contributed by atoms with Gasteiger partial charge in [0.2, 0.25) is 0 Å². The van der Waals surface area contributed by atoms with E-state index >= 15 is 0 Å². The molecule has 0 unspecified atom stereocenters. The van der Waals surface area contributed by atoms with E-state index in [9.17, 15) is 5.11 Å². The first kappa shape index (κ1) is 36.3. The van der Waals surface area contributed by atoms with Crippen LogP contribution in [-0.4, -0.2) is 14.2 Å². The maximum absolute atomic E-state index is 11.3. The SMILES string of the molecule is Oc1ccccc1-n1[c-][n+]2c3c(cccc31)-c1ccccc1-c1ccccc1-c1ccc(-n3[c-][n+]4c5c(cccc53)-c3ccccc3-c3ccccc3-c3ccccc3-4)[c-]c1-2.[Pt]. The normalized spacial score (nSPS) is 11.8. The molecule has 62 heavy (non-hydrogen) atoms. The van der Waals surface area contributed by atoms with Crippen molar-refractivity contribution in [3.63, 3.8) is 0 Å². The molecule has 0 fully saturated rings. The number of fused-ring (bicyclic) bond motifs is 14. The number of hydrogen-bond acceptors (Lipinski definition) is 1. The van der Waals surface area contributed by atoms with Gasteiger partial charge < -0.3 is 14.2 Å². The number of nitrogens with zero attached hydrogens (tertiary/aromatic N) is 4. The monoisotopic (exact) mass is 972 g/mol. The van der Waals surface area contributed by atoms with Crippen molar-refractivity contribution in [2.75, 3.05) is 0 Å². The molecule has 11 aromatic rings. The number of rotatable bonds is 2. The van der Waals surface area contributed by atoms with Crippen LogP contribution in [0.4, 0.5) is 0 Å². The van der Waals surface area contributed by atoms with E-state index < -0.39 is 0 Å². The van der Waals surface area contributed by atoms with Crippen molar-refractivity contribution in [1.82, 2.24) is 9.13 Å². The molecule has 5 nitrogen and oxygen atoms in total. The molecule has 0 spiro atoms. The van der Waals surface area contributed by atoms with Gasteiger partial charge in [0.1, 0.15) is 11.4 Å². The molecule has 6 heteroatoms. The zero-order chi connectivity index (χ0) is 40.2. The van der Waals surface area contributed by atoms with E-state index in [2.05, 4.69) is 202 Å². The smallest absolute Gasteiger partial charge is 0.268 e. The quantitative estimate of drug-likeness (QED) is 0.136. The van der Waals surface area contributed by atoms with Crippen LogP contribution in [0.1, 0.15) is 0 Å². The molecule has 2 aromatic heterocycles. The average molecular weight is 973 g/mol. The van der Waals surface area contributed by atoms with Crippen molar-refractivity contribution in [2.24, 2.45) is 0 Å². The molecule has 0 saturated carbocycles. The third-order valence-electron chi connectivity index (χ3n) is 12.4. The Labute approximate surface area is 372 Å². The van der Waals surface area contributed by atoms with E-state index in [-0.39, 0.29) is 26.8 Å². The molecule has 1 N–H and O–H groups in total. The molecule has 0 radical (unpaired) electrons. The van der Waals surface area contributed by atoms with Crippen molar-refractivity contribution < 1.29 is 35.3 Å². The number of hydrogen-bond donors (Lipinski definition) is 1. The van der Waals surface area contributed by atoms with Crippen molar-refractivity contribution in [3.05, 3.63) is 213 Å². The van der Waals surface area contributed by atoms with Gasteiger partial charge in [0.15, 0.2) is 0 Å². The summed E-state index contributed by atoms with van der Waals surface area (Å²) in [6.45, 7) is 0. The summed E-state index contributed by atoms with van der Waals surface area (Å²) in [6.07, 6.45) is 7.60. The molecule has 0 bridgehead atoms. The maximum Gasteiger partial charge on any atom is 0.268 e. The van der Waals surface area contributed by atoms with Gasteiger partial charge in [-0.1, -0.05) is 169 Å². The second-order valence-corrected chi connectivity index (χ2v) is 15.7. The van der Waals surface area contributed by atoms with E-state index in [0.717, 1.165) is 89.2 Å². The summed E-state index contributed by atoms with van der Waals surface area (Å²) in [5.41, 5.74) is 20.9. The summed E-state index contributed by atoms with van der Waals surface area (Å²) < 4.78 is 8.50. The number of para-hydroxylation sites is 5. The fourth-order valence-corrected chi connectivity index (χ4v) is 9.80. The predicted molar refractivity (Wildman–Crippen MR) is 241 cm³/mol. The summed E-state index contributed by atoms with van der Waals surface area (Å²) >= 11 is 0. The van der Waals surface area contributed by atoms with Crippen LogP contribution in [0.25, 0.3) is 112 Å². The Morgan fingerprint density at radius 3 is 1.35 bits per heavy atom. The van der Waals surface area contributed by atoms with Crippen LogP contribution in [0.15, 0.2) is 194 Å². The van der Waals surface area contributed by atoms with E-state index in [4.69, 9.17) is 0 Å². The number of phenolic OH excluding ortho intramolecular Hbond substituents is 1. The summed E-state index contributed by atoms with van der Waals surface area (Å²) in [5.74, 6) is 0.176. The molecule has 4 heterocycles. The van der Waals surface area contributed by atoms with Crippen LogP contribution >= 0.6 is 0 Å². The fourth-order valence-electron chi connectivity index (χ4n) is 9.80. The molecule has 2 aliphatic heterocycles. The Morgan fingerprint density at radius 1 is 0.355 bits per heavy atom. The molecular weight excluding hydrogens is 940 g/mol. The topological polar surface area (TPSA) is 37.9 Å². The molecule has 294 valence electrons. The van der Waals surface area contributed by atoms with E-state index in [1.165, 1.54) is 16.7 Å². The minimum absolute atomic E-state index is 0. The first-order valence-corrected chi connectivity index (χ1v) is 20.5. The van der Waals surface area contributed by atoms with E-state index in [0.29, 0.717) is 5.69 Å². The van der Waals surface area contributed by atoms with Crippen LogP contribution in [-0.2, 0) is 21.1 Å². The van der Waals surface area contributed by atoms with Crippen LogP contribution in [0.5, 0.6) is 5.75 Å². The minimum atomic E-state index is 0. The summed E-state index contributed by atoms with van der Waals surface area (Å²) in [6, 6.07) is 72.1. The second kappa shape index (κ2) is 14.0. The van der Waals surface area contributed by atoms with E-state index in [1.807, 2.05) is 22.8 Å². The third-order valence-corrected chi connectivity index (χ3v) is 12.4. The van der Waals surface area contributed by atoms with Gasteiger partial charge in [-0.05, 0) is 85.2 Å². The maximum atomic E-state index is 11.3. The van der Waals surface area contributed by atoms with Gasteiger partial charge in [-0.2, -0.15) is 18.2 Å². The van der Waals surface area contributed by atoms with Crippen LogP contribution in [0.3, 0.4) is 0 Å². The van der Waals surface area contributed by atoms with Gasteiger partial charge in [-0.3, -0.25) is 9.13 Å². The first-order valence-electron chi connectivity index (χ1n) is 20.5. The first-order chi connectivity index (χ1) is 30.2. The number of phenols is 1. The summed E-state index contributed by atoms with van der Waals surface area (Å²) in [4.78, 5) is 0. The summed E-state index contributed by atoms with van der Waals surface area (Å²) in [7, 11) is 0. The summed E-state index contributed by atoms with van der Waals surface area (Å²) in [5, 5.41) is 11.3. The van der Waals surface area contributed by atoms with Gasteiger partial charge in [0, 0.05) is 21.1 Å². The van der Waals surface area contributed by atoms with Crippen LogP contribution < -0.4 is 9.13 Å². The Morgan fingerprint density at radius 2 is 0.774 bits per heavy atom. The standard InChI is InChI=1S/C56H33N4O.Pt/c61-54-30-12-11-27-50(54)58-35-60-53-33-36(31-32-46(53)42-20-6-2-16-38(42)40-18-4-8-22-44(40)48-25-14-29-52(58)56(48)60)57-34-59-49-26-10-9-23-45(49)41-19-5-1-15-37(41)39-17-3-7-21-43(39)47-24-13-28-51(57)55(47)59;/h1-32,61H;/q-1;. The number of aromatic hydroxyl groups is 1. The molecule has 0 amide bonds. The predicted octanol–water partition coefficient (Wildman–Crippen LogP) is 11.9. The van der Waals surface area contributed by atoms with Gasteiger partial charge >= 0.3 is 0 Å². The van der Waals surface area contributed by atoms with Crippen molar-refractivity contribution in [2.45, 2.75) is 0 Å².